The molecule has 142 valence electrons. The third kappa shape index (κ3) is 10.0. The predicted octanol–water partition coefficient (Wildman–Crippen LogP) is 3.82. The Morgan fingerprint density at radius 2 is 1.80 bits per heavy atom. The number of carbonyl (C=O) groups is 1. The minimum Gasteiger partial charge on any atom is -0.493 e. The van der Waals surface area contributed by atoms with Crippen molar-refractivity contribution in [2.24, 2.45) is 0 Å². The maximum Gasteiger partial charge on any atom is 0.158 e. The molecule has 0 fully saturated rings. The molecule has 0 aromatic heterocycles. The molecule has 1 rings (SSSR count). The largest absolute Gasteiger partial charge is 0.493 e. The van der Waals surface area contributed by atoms with Crippen LogP contribution in [0.1, 0.15) is 40.0 Å². The first-order valence-electron chi connectivity index (χ1n) is 8.89. The van der Waals surface area contributed by atoms with Gasteiger partial charge in [-0.05, 0) is 32.4 Å². The summed E-state index contributed by atoms with van der Waals surface area (Å²) in [4.78, 5) is 11.0. The van der Waals surface area contributed by atoms with Crippen molar-refractivity contribution < 1.29 is 23.4 Å². The topological polar surface area (TPSA) is 56.8 Å². The third-order valence-electron chi connectivity index (χ3n) is 3.32. The van der Waals surface area contributed by atoms with Gasteiger partial charge in [0.25, 0.3) is 0 Å². The molecule has 0 atom stereocenters. The fourth-order valence-corrected chi connectivity index (χ4v) is 2.02. The Morgan fingerprint density at radius 1 is 1.12 bits per heavy atom. The van der Waals surface area contributed by atoms with Crippen molar-refractivity contribution in [1.29, 1.82) is 0 Å². The SMILES string of the molecule is CCC(=O)COCCCOCCCOc1ccc(NC(C)C)c(F)c1. The van der Waals surface area contributed by atoms with E-state index < -0.39 is 0 Å². The van der Waals surface area contributed by atoms with E-state index >= 15 is 0 Å². The standard InChI is InChI=1S/C19H30FNO4/c1-4-16(22)14-24-11-5-9-23-10-6-12-25-17-7-8-19(18(20)13-17)21-15(2)3/h7-8,13,15,21H,4-6,9-12,14H2,1-3H3. The van der Waals surface area contributed by atoms with Gasteiger partial charge in [0.1, 0.15) is 18.2 Å². The molecule has 0 aliphatic heterocycles. The number of Topliss-reactive ketones (excluding diaryl/α,β-unsaturated/α-hetero) is 1. The Labute approximate surface area is 149 Å². The monoisotopic (exact) mass is 355 g/mol. The summed E-state index contributed by atoms with van der Waals surface area (Å²) in [5.41, 5.74) is 0.480. The lowest BCUT2D eigenvalue weighted by Gasteiger charge is -2.12. The van der Waals surface area contributed by atoms with Crippen molar-refractivity contribution in [3.63, 3.8) is 0 Å². The number of hydrogen-bond donors (Lipinski definition) is 1. The van der Waals surface area contributed by atoms with E-state index in [2.05, 4.69) is 5.32 Å². The molecule has 1 aromatic carbocycles. The van der Waals surface area contributed by atoms with E-state index in [-0.39, 0.29) is 24.2 Å². The molecule has 0 saturated heterocycles. The first kappa shape index (κ1) is 21.4. The number of hydrogen-bond acceptors (Lipinski definition) is 5. The number of halogens is 1. The maximum atomic E-state index is 13.9. The first-order valence-corrected chi connectivity index (χ1v) is 8.89. The predicted molar refractivity (Wildman–Crippen MR) is 96.8 cm³/mol. The van der Waals surface area contributed by atoms with E-state index in [0.717, 1.165) is 12.8 Å². The Bertz CT molecular complexity index is 508. The van der Waals surface area contributed by atoms with Gasteiger partial charge in [-0.25, -0.2) is 4.39 Å². The van der Waals surface area contributed by atoms with Crippen molar-refractivity contribution >= 4 is 11.5 Å². The summed E-state index contributed by atoms with van der Waals surface area (Å²) in [6, 6.07) is 5.00. The summed E-state index contributed by atoms with van der Waals surface area (Å²) in [6.45, 7) is 8.08. The van der Waals surface area contributed by atoms with Gasteiger partial charge < -0.3 is 19.5 Å². The van der Waals surface area contributed by atoms with Crippen LogP contribution < -0.4 is 10.1 Å². The van der Waals surface area contributed by atoms with E-state index in [0.29, 0.717) is 44.3 Å². The van der Waals surface area contributed by atoms with Crippen molar-refractivity contribution in [1.82, 2.24) is 0 Å². The second kappa shape index (κ2) is 12.7. The van der Waals surface area contributed by atoms with Crippen LogP contribution in [0.4, 0.5) is 10.1 Å². The van der Waals surface area contributed by atoms with Crippen LogP contribution in [0.25, 0.3) is 0 Å². The average molecular weight is 355 g/mol. The Kier molecular flexibility index (Phi) is 10.8. The average Bonchev–Trinajstić information content (AvgIpc) is 2.58. The Hall–Kier alpha value is -1.66. The normalized spacial score (nSPS) is 10.9. The summed E-state index contributed by atoms with van der Waals surface area (Å²) < 4.78 is 30.1. The lowest BCUT2D eigenvalue weighted by Crippen LogP contribution is -2.11. The Morgan fingerprint density at radius 3 is 2.44 bits per heavy atom. The second-order valence-corrected chi connectivity index (χ2v) is 6.05. The molecule has 0 aliphatic rings. The van der Waals surface area contributed by atoms with Gasteiger partial charge in [0.05, 0.1) is 12.3 Å². The van der Waals surface area contributed by atoms with Crippen molar-refractivity contribution in [2.45, 2.75) is 46.1 Å². The van der Waals surface area contributed by atoms with Crippen LogP contribution in [0.2, 0.25) is 0 Å². The number of anilines is 1. The zero-order chi connectivity index (χ0) is 18.5. The number of carbonyl (C=O) groups excluding carboxylic acids is 1. The zero-order valence-electron chi connectivity index (χ0n) is 15.5. The third-order valence-corrected chi connectivity index (χ3v) is 3.32. The molecule has 25 heavy (non-hydrogen) atoms. The van der Waals surface area contributed by atoms with Crippen LogP contribution in [0.3, 0.4) is 0 Å². The number of nitrogens with one attached hydrogen (secondary N) is 1. The molecule has 0 heterocycles. The van der Waals surface area contributed by atoms with Gasteiger partial charge in [-0.1, -0.05) is 6.92 Å². The summed E-state index contributed by atoms with van der Waals surface area (Å²) in [7, 11) is 0. The summed E-state index contributed by atoms with van der Waals surface area (Å²) in [5, 5.41) is 3.04. The summed E-state index contributed by atoms with van der Waals surface area (Å²) in [6.07, 6.45) is 1.99. The molecule has 5 nitrogen and oxygen atoms in total. The second-order valence-electron chi connectivity index (χ2n) is 6.05. The number of ether oxygens (including phenoxy) is 3. The lowest BCUT2D eigenvalue weighted by molar-refractivity contribution is -0.123. The number of rotatable bonds is 14. The van der Waals surface area contributed by atoms with E-state index in [1.54, 1.807) is 12.1 Å². The highest BCUT2D eigenvalue weighted by Crippen LogP contribution is 2.21. The first-order chi connectivity index (χ1) is 12.0. The molecule has 0 saturated carbocycles. The van der Waals surface area contributed by atoms with Gasteiger partial charge in [-0.2, -0.15) is 0 Å². The van der Waals surface area contributed by atoms with Crippen molar-refractivity contribution in [2.75, 3.05) is 38.4 Å². The highest BCUT2D eigenvalue weighted by atomic mass is 19.1. The molecule has 0 amide bonds. The zero-order valence-corrected chi connectivity index (χ0v) is 15.5. The van der Waals surface area contributed by atoms with Gasteiger partial charge in [-0.15, -0.1) is 0 Å². The molecule has 0 aliphatic carbocycles. The molecular weight excluding hydrogens is 325 g/mol. The number of benzene rings is 1. The van der Waals surface area contributed by atoms with Gasteiger partial charge in [0.2, 0.25) is 0 Å². The van der Waals surface area contributed by atoms with E-state index in [4.69, 9.17) is 14.2 Å². The van der Waals surface area contributed by atoms with E-state index in [9.17, 15) is 9.18 Å². The fourth-order valence-electron chi connectivity index (χ4n) is 2.02. The lowest BCUT2D eigenvalue weighted by atomic mass is 10.2. The van der Waals surface area contributed by atoms with Gasteiger partial charge in [0.15, 0.2) is 5.78 Å². The van der Waals surface area contributed by atoms with Gasteiger partial charge >= 0.3 is 0 Å². The molecular formula is C19H30FNO4. The molecule has 0 spiro atoms. The number of ketones is 1. The quantitative estimate of drug-likeness (QED) is 0.514. The Balaban J connectivity index is 2.04. The maximum absolute atomic E-state index is 13.9. The van der Waals surface area contributed by atoms with Crippen LogP contribution in [-0.4, -0.2) is 44.9 Å². The molecule has 1 aromatic rings. The van der Waals surface area contributed by atoms with Crippen LogP contribution in [0.15, 0.2) is 18.2 Å². The van der Waals surface area contributed by atoms with Gasteiger partial charge in [0, 0.05) is 44.8 Å². The van der Waals surface area contributed by atoms with Crippen LogP contribution in [0, 0.1) is 5.82 Å². The molecule has 0 radical (unpaired) electrons. The van der Waals surface area contributed by atoms with Crippen molar-refractivity contribution in [3.8, 4) is 5.75 Å². The molecule has 6 heteroatoms. The summed E-state index contributed by atoms with van der Waals surface area (Å²) in [5.74, 6) is 0.312. The minimum atomic E-state index is -0.316. The highest BCUT2D eigenvalue weighted by Gasteiger charge is 2.05. The minimum absolute atomic E-state index is 0.113. The molecule has 0 bridgehead atoms. The fraction of sp³-hybridized carbons (Fsp3) is 0.632. The van der Waals surface area contributed by atoms with Gasteiger partial charge in [-0.3, -0.25) is 4.79 Å². The van der Waals surface area contributed by atoms with Crippen LogP contribution >= 0.6 is 0 Å². The van der Waals surface area contributed by atoms with E-state index in [1.807, 2.05) is 20.8 Å². The van der Waals surface area contributed by atoms with Crippen LogP contribution in [-0.2, 0) is 14.3 Å². The summed E-state index contributed by atoms with van der Waals surface area (Å²) >= 11 is 0. The smallest absolute Gasteiger partial charge is 0.158 e. The molecule has 1 N–H and O–H groups in total. The van der Waals surface area contributed by atoms with Crippen molar-refractivity contribution in [3.05, 3.63) is 24.0 Å². The molecule has 0 unspecified atom stereocenters. The van der Waals surface area contributed by atoms with E-state index in [1.165, 1.54) is 6.07 Å². The highest BCUT2D eigenvalue weighted by molar-refractivity contribution is 5.79. The van der Waals surface area contributed by atoms with Crippen LogP contribution in [0.5, 0.6) is 5.75 Å².